The molecule has 15 heavy (non-hydrogen) atoms. The Labute approximate surface area is 91.7 Å². The third kappa shape index (κ3) is 3.40. The lowest BCUT2D eigenvalue weighted by atomic mass is 10.1. The Balaban J connectivity index is 2.71. The molecule has 0 aliphatic carbocycles. The molecular weight excluding hydrogens is 186 g/mol. The molecule has 1 aromatic carbocycles. The maximum atomic E-state index is 5.85. The van der Waals surface area contributed by atoms with Crippen molar-refractivity contribution in [2.75, 3.05) is 6.61 Å². The van der Waals surface area contributed by atoms with Crippen LogP contribution in [0.4, 0.5) is 0 Å². The second kappa shape index (κ2) is 5.56. The van der Waals surface area contributed by atoms with E-state index in [9.17, 15) is 0 Å². The van der Waals surface area contributed by atoms with Crippen LogP contribution in [-0.4, -0.2) is 6.61 Å². The smallest absolute Gasteiger partial charge is 0.124 e. The molecule has 1 atom stereocenters. The molecule has 2 nitrogen and oxygen atoms in total. The summed E-state index contributed by atoms with van der Waals surface area (Å²) in [5.41, 5.74) is 7.99. The number of benzene rings is 1. The zero-order chi connectivity index (χ0) is 11.3. The number of nitrogens with two attached hydrogens (primary N) is 1. The minimum Gasteiger partial charge on any atom is -0.489 e. The first kappa shape index (κ1) is 11.8. The topological polar surface area (TPSA) is 35.2 Å². The first-order valence-electron chi connectivity index (χ1n) is 5.29. The molecule has 0 aliphatic rings. The summed E-state index contributed by atoms with van der Waals surface area (Å²) in [6, 6.07) is 7.86. The van der Waals surface area contributed by atoms with E-state index < -0.39 is 0 Å². The molecule has 82 valence electrons. The Morgan fingerprint density at radius 3 is 2.73 bits per heavy atom. The van der Waals surface area contributed by atoms with Gasteiger partial charge in [-0.3, -0.25) is 0 Å². The summed E-state index contributed by atoms with van der Waals surface area (Å²) in [7, 11) is 0. The number of rotatable bonds is 5. The van der Waals surface area contributed by atoms with Crippen LogP contribution in [0.15, 0.2) is 36.4 Å². The molecule has 2 N–H and O–H groups in total. The van der Waals surface area contributed by atoms with Gasteiger partial charge >= 0.3 is 0 Å². The molecule has 0 saturated carbocycles. The Hall–Kier alpha value is -1.28. The summed E-state index contributed by atoms with van der Waals surface area (Å²) in [6.07, 6.45) is 0.945. The van der Waals surface area contributed by atoms with Crippen LogP contribution in [0.5, 0.6) is 5.75 Å². The van der Waals surface area contributed by atoms with Crippen molar-refractivity contribution in [3.63, 3.8) is 0 Å². The molecule has 1 rings (SSSR count). The number of hydrogen-bond donors (Lipinski definition) is 1. The maximum Gasteiger partial charge on any atom is 0.124 e. The third-order valence-corrected chi connectivity index (χ3v) is 2.34. The molecular formula is C13H19NO. The normalized spacial score (nSPS) is 12.2. The summed E-state index contributed by atoms with van der Waals surface area (Å²) in [5.74, 6) is 0.863. The predicted molar refractivity (Wildman–Crippen MR) is 64.0 cm³/mol. The van der Waals surface area contributed by atoms with Crippen LogP contribution in [0.2, 0.25) is 0 Å². The highest BCUT2D eigenvalue weighted by Crippen LogP contribution is 2.23. The first-order chi connectivity index (χ1) is 7.15. The van der Waals surface area contributed by atoms with Crippen molar-refractivity contribution in [3.8, 4) is 5.75 Å². The molecule has 0 saturated heterocycles. The summed E-state index contributed by atoms with van der Waals surface area (Å²) in [4.78, 5) is 0. The Morgan fingerprint density at radius 1 is 1.47 bits per heavy atom. The van der Waals surface area contributed by atoms with Crippen molar-refractivity contribution < 1.29 is 4.74 Å². The second-order valence-electron chi connectivity index (χ2n) is 3.72. The van der Waals surface area contributed by atoms with Crippen LogP contribution >= 0.6 is 0 Å². The molecule has 0 fully saturated rings. The largest absolute Gasteiger partial charge is 0.489 e. The zero-order valence-corrected chi connectivity index (χ0v) is 9.49. The minimum absolute atomic E-state index is 0.00362. The van der Waals surface area contributed by atoms with Gasteiger partial charge in [0.2, 0.25) is 0 Å². The monoisotopic (exact) mass is 205 g/mol. The third-order valence-electron chi connectivity index (χ3n) is 2.34. The summed E-state index contributed by atoms with van der Waals surface area (Å²) < 4.78 is 5.67. The second-order valence-corrected chi connectivity index (χ2v) is 3.72. The van der Waals surface area contributed by atoms with Crippen LogP contribution < -0.4 is 10.5 Å². The molecule has 0 aromatic heterocycles. The van der Waals surface area contributed by atoms with Gasteiger partial charge in [0.15, 0.2) is 0 Å². The van der Waals surface area contributed by atoms with Gasteiger partial charge in [0.05, 0.1) is 0 Å². The Bertz CT molecular complexity index is 331. The molecule has 0 unspecified atom stereocenters. The van der Waals surface area contributed by atoms with Gasteiger partial charge in [-0.1, -0.05) is 31.7 Å². The van der Waals surface area contributed by atoms with Crippen molar-refractivity contribution in [1.82, 2.24) is 0 Å². The SMILES string of the molecule is C=C(CC)COc1ccccc1[C@H](C)N. The van der Waals surface area contributed by atoms with Gasteiger partial charge in [0.1, 0.15) is 12.4 Å². The van der Waals surface area contributed by atoms with Crippen LogP contribution in [0.1, 0.15) is 31.9 Å². The standard InChI is InChI=1S/C13H19NO/c1-4-10(2)9-15-13-8-6-5-7-12(13)11(3)14/h5-8,11H,2,4,9,14H2,1,3H3/t11-/m0/s1. The van der Waals surface area contributed by atoms with Crippen molar-refractivity contribution in [1.29, 1.82) is 0 Å². The summed E-state index contributed by atoms with van der Waals surface area (Å²) in [6.45, 7) is 8.50. The van der Waals surface area contributed by atoms with Crippen LogP contribution in [0.25, 0.3) is 0 Å². The predicted octanol–water partition coefficient (Wildman–Crippen LogP) is 3.05. The molecule has 0 bridgehead atoms. The highest BCUT2D eigenvalue weighted by atomic mass is 16.5. The van der Waals surface area contributed by atoms with Gasteiger partial charge in [-0.05, 0) is 25.0 Å². The molecule has 0 radical (unpaired) electrons. The number of ether oxygens (including phenoxy) is 1. The average molecular weight is 205 g/mol. The fraction of sp³-hybridized carbons (Fsp3) is 0.385. The summed E-state index contributed by atoms with van der Waals surface area (Å²) >= 11 is 0. The van der Waals surface area contributed by atoms with E-state index in [0.29, 0.717) is 6.61 Å². The van der Waals surface area contributed by atoms with E-state index in [0.717, 1.165) is 23.3 Å². The van der Waals surface area contributed by atoms with Gasteiger partial charge in [-0.15, -0.1) is 0 Å². The fourth-order valence-electron chi connectivity index (χ4n) is 1.27. The summed E-state index contributed by atoms with van der Waals surface area (Å²) in [5, 5.41) is 0. The molecule has 0 heterocycles. The van der Waals surface area contributed by atoms with E-state index in [1.54, 1.807) is 0 Å². The highest BCUT2D eigenvalue weighted by molar-refractivity contribution is 5.35. The van der Waals surface area contributed by atoms with Crippen molar-refractivity contribution in [3.05, 3.63) is 42.0 Å². The lowest BCUT2D eigenvalue weighted by Crippen LogP contribution is -2.09. The molecule has 0 amide bonds. The van der Waals surface area contributed by atoms with E-state index in [-0.39, 0.29) is 6.04 Å². The molecule has 2 heteroatoms. The van der Waals surface area contributed by atoms with Crippen LogP contribution in [0.3, 0.4) is 0 Å². The van der Waals surface area contributed by atoms with Gasteiger partial charge in [0, 0.05) is 11.6 Å². The molecule has 1 aromatic rings. The molecule has 0 aliphatic heterocycles. The first-order valence-corrected chi connectivity index (χ1v) is 5.29. The maximum absolute atomic E-state index is 5.85. The van der Waals surface area contributed by atoms with Crippen LogP contribution in [0, 0.1) is 0 Å². The van der Waals surface area contributed by atoms with Gasteiger partial charge in [-0.2, -0.15) is 0 Å². The van der Waals surface area contributed by atoms with E-state index in [4.69, 9.17) is 10.5 Å². The van der Waals surface area contributed by atoms with E-state index in [1.807, 2.05) is 31.2 Å². The number of hydrogen-bond acceptors (Lipinski definition) is 2. The highest BCUT2D eigenvalue weighted by Gasteiger charge is 2.06. The zero-order valence-electron chi connectivity index (χ0n) is 9.49. The Kier molecular flexibility index (Phi) is 4.37. The van der Waals surface area contributed by atoms with E-state index in [2.05, 4.69) is 13.5 Å². The van der Waals surface area contributed by atoms with Crippen LogP contribution in [-0.2, 0) is 0 Å². The average Bonchev–Trinajstić information content (AvgIpc) is 2.26. The minimum atomic E-state index is -0.00362. The van der Waals surface area contributed by atoms with Crippen molar-refractivity contribution in [2.24, 2.45) is 5.73 Å². The van der Waals surface area contributed by atoms with Crippen molar-refractivity contribution in [2.45, 2.75) is 26.3 Å². The number of para-hydroxylation sites is 1. The van der Waals surface area contributed by atoms with Crippen molar-refractivity contribution >= 4 is 0 Å². The van der Waals surface area contributed by atoms with E-state index >= 15 is 0 Å². The molecule has 0 spiro atoms. The van der Waals surface area contributed by atoms with Gasteiger partial charge < -0.3 is 10.5 Å². The fourth-order valence-corrected chi connectivity index (χ4v) is 1.27. The Morgan fingerprint density at radius 2 is 2.13 bits per heavy atom. The lowest BCUT2D eigenvalue weighted by Gasteiger charge is -2.14. The quantitative estimate of drug-likeness (QED) is 0.750. The van der Waals surface area contributed by atoms with Gasteiger partial charge in [0.25, 0.3) is 0 Å². The lowest BCUT2D eigenvalue weighted by molar-refractivity contribution is 0.343. The van der Waals surface area contributed by atoms with E-state index in [1.165, 1.54) is 0 Å². The van der Waals surface area contributed by atoms with Gasteiger partial charge in [-0.25, -0.2) is 0 Å².